The Hall–Kier alpha value is -2.41. The van der Waals surface area contributed by atoms with Gasteiger partial charge in [0.2, 0.25) is 11.6 Å². The largest absolute Gasteiger partial charge is 0.480 e. The number of rotatable bonds is 2. The molecule has 1 heterocycles. The van der Waals surface area contributed by atoms with Crippen molar-refractivity contribution < 1.29 is 19.5 Å². The van der Waals surface area contributed by atoms with Gasteiger partial charge in [-0.2, -0.15) is 0 Å². The first-order chi connectivity index (χ1) is 9.34. The standard InChI is InChI=1S/C8H4N2O2.C5H11NO2/c11-5-1-2-6(12)8-7(5)9-3-4-10-8;1-3(2)4(6)5(7)8/h1-4H;3-4H,6H2,1-2H3,(H,7,8)/t;4-/m.0/s1. The molecule has 106 valence electrons. The molecule has 1 aliphatic carbocycles. The lowest BCUT2D eigenvalue weighted by atomic mass is 10.1. The highest BCUT2D eigenvalue weighted by atomic mass is 16.4. The molecular weight excluding hydrogens is 262 g/mol. The maximum absolute atomic E-state index is 11.1. The third-order valence-corrected chi connectivity index (χ3v) is 2.55. The van der Waals surface area contributed by atoms with Crippen molar-refractivity contribution in [2.45, 2.75) is 19.9 Å². The van der Waals surface area contributed by atoms with Crippen LogP contribution in [-0.4, -0.2) is 38.7 Å². The molecule has 0 radical (unpaired) electrons. The number of nitrogens with zero attached hydrogens (tertiary/aromatic N) is 2. The molecule has 0 spiro atoms. The van der Waals surface area contributed by atoms with Gasteiger partial charge in [-0.1, -0.05) is 13.8 Å². The molecule has 7 heteroatoms. The van der Waals surface area contributed by atoms with Crippen molar-refractivity contribution >= 4 is 17.5 Å². The van der Waals surface area contributed by atoms with Crippen molar-refractivity contribution in [3.63, 3.8) is 0 Å². The second-order valence-electron chi connectivity index (χ2n) is 4.42. The van der Waals surface area contributed by atoms with E-state index in [9.17, 15) is 14.4 Å². The summed E-state index contributed by atoms with van der Waals surface area (Å²) in [5, 5.41) is 8.23. The Bertz CT molecular complexity index is 529. The third-order valence-electron chi connectivity index (χ3n) is 2.55. The summed E-state index contributed by atoms with van der Waals surface area (Å²) in [5.74, 6) is -1.44. The van der Waals surface area contributed by atoms with E-state index in [1.807, 2.05) is 0 Å². The Labute approximate surface area is 115 Å². The number of carbonyl (C=O) groups excluding carboxylic acids is 2. The highest BCUT2D eigenvalue weighted by Crippen LogP contribution is 2.10. The van der Waals surface area contributed by atoms with Crippen LogP contribution in [0.5, 0.6) is 0 Å². The van der Waals surface area contributed by atoms with E-state index in [-0.39, 0.29) is 28.9 Å². The molecule has 20 heavy (non-hydrogen) atoms. The van der Waals surface area contributed by atoms with Crippen LogP contribution in [0.4, 0.5) is 0 Å². The second-order valence-corrected chi connectivity index (χ2v) is 4.42. The number of ketones is 2. The number of carbonyl (C=O) groups is 3. The van der Waals surface area contributed by atoms with E-state index in [1.54, 1.807) is 13.8 Å². The number of fused-ring (bicyclic) bond motifs is 1. The molecular formula is C13H15N3O4. The van der Waals surface area contributed by atoms with Gasteiger partial charge >= 0.3 is 5.97 Å². The van der Waals surface area contributed by atoms with Crippen molar-refractivity contribution in [1.82, 2.24) is 9.97 Å². The number of aromatic nitrogens is 2. The highest BCUT2D eigenvalue weighted by molar-refractivity contribution is 6.20. The SMILES string of the molecule is CC(C)[C@H](N)C(=O)O.O=C1C=CC(=O)c2nccnc21. The van der Waals surface area contributed by atoms with Crippen molar-refractivity contribution in [3.8, 4) is 0 Å². The molecule has 0 saturated carbocycles. The number of allylic oxidation sites excluding steroid dienone is 2. The maximum atomic E-state index is 11.1. The zero-order valence-corrected chi connectivity index (χ0v) is 11.1. The molecule has 7 nitrogen and oxygen atoms in total. The minimum absolute atomic E-state index is 0.0208. The Morgan fingerprint density at radius 1 is 1.10 bits per heavy atom. The zero-order chi connectivity index (χ0) is 15.3. The Balaban J connectivity index is 0.000000221. The number of aliphatic carboxylic acids is 1. The summed E-state index contributed by atoms with van der Waals surface area (Å²) >= 11 is 0. The molecule has 1 aromatic heterocycles. The van der Waals surface area contributed by atoms with Gasteiger partial charge < -0.3 is 10.8 Å². The predicted molar refractivity (Wildman–Crippen MR) is 70.3 cm³/mol. The fraction of sp³-hybridized carbons (Fsp3) is 0.308. The first kappa shape index (κ1) is 15.6. The minimum Gasteiger partial charge on any atom is -0.480 e. The van der Waals surface area contributed by atoms with Gasteiger partial charge in [-0.25, -0.2) is 9.97 Å². The average Bonchev–Trinajstić information content (AvgIpc) is 2.43. The number of carboxylic acid groups (broad SMARTS) is 1. The van der Waals surface area contributed by atoms with Crippen LogP contribution in [-0.2, 0) is 4.79 Å². The number of hydrogen-bond donors (Lipinski definition) is 2. The molecule has 0 fully saturated rings. The topological polar surface area (TPSA) is 123 Å². The second kappa shape index (κ2) is 6.67. The fourth-order valence-corrected chi connectivity index (χ4v) is 1.29. The van der Waals surface area contributed by atoms with Gasteiger partial charge in [0.05, 0.1) is 0 Å². The summed E-state index contributed by atoms with van der Waals surface area (Å²) < 4.78 is 0. The van der Waals surface area contributed by atoms with E-state index in [1.165, 1.54) is 24.5 Å². The van der Waals surface area contributed by atoms with E-state index < -0.39 is 12.0 Å². The summed E-state index contributed by atoms with van der Waals surface area (Å²) in [7, 11) is 0. The first-order valence-corrected chi connectivity index (χ1v) is 5.90. The molecule has 1 atom stereocenters. The molecule has 1 aromatic rings. The quantitative estimate of drug-likeness (QED) is 0.805. The van der Waals surface area contributed by atoms with Crippen molar-refractivity contribution in [3.05, 3.63) is 35.9 Å². The summed E-state index contributed by atoms with van der Waals surface area (Å²) in [6.07, 6.45) is 5.20. The van der Waals surface area contributed by atoms with Crippen LogP contribution in [0.15, 0.2) is 24.5 Å². The van der Waals surface area contributed by atoms with Crippen LogP contribution in [0.3, 0.4) is 0 Å². The number of hydrogen-bond acceptors (Lipinski definition) is 6. The lowest BCUT2D eigenvalue weighted by molar-refractivity contribution is -0.139. The summed E-state index contributed by atoms with van der Waals surface area (Å²) in [4.78, 5) is 39.7. The zero-order valence-electron chi connectivity index (χ0n) is 11.1. The molecule has 0 amide bonds. The number of carboxylic acids is 1. The van der Waals surface area contributed by atoms with Crippen LogP contribution >= 0.6 is 0 Å². The predicted octanol–water partition coefficient (Wildman–Crippen LogP) is 0.466. The fourth-order valence-electron chi connectivity index (χ4n) is 1.29. The van der Waals surface area contributed by atoms with E-state index in [0.29, 0.717) is 0 Å². The van der Waals surface area contributed by atoms with E-state index in [4.69, 9.17) is 10.8 Å². The molecule has 0 saturated heterocycles. The van der Waals surface area contributed by atoms with E-state index in [0.717, 1.165) is 0 Å². The third kappa shape index (κ3) is 3.79. The Morgan fingerprint density at radius 3 is 1.75 bits per heavy atom. The van der Waals surface area contributed by atoms with Crippen LogP contribution in [0.25, 0.3) is 0 Å². The lowest BCUT2D eigenvalue weighted by Crippen LogP contribution is -2.34. The molecule has 0 aliphatic heterocycles. The summed E-state index contributed by atoms with van der Waals surface area (Å²) in [6, 6.07) is -0.713. The van der Waals surface area contributed by atoms with Crippen molar-refractivity contribution in [1.29, 1.82) is 0 Å². The molecule has 2 rings (SSSR count). The average molecular weight is 277 g/mol. The number of nitrogens with two attached hydrogens (primary N) is 1. The molecule has 3 N–H and O–H groups in total. The lowest BCUT2D eigenvalue weighted by Gasteiger charge is -2.07. The van der Waals surface area contributed by atoms with Crippen molar-refractivity contribution in [2.75, 3.05) is 0 Å². The van der Waals surface area contributed by atoms with Crippen molar-refractivity contribution in [2.24, 2.45) is 11.7 Å². The summed E-state index contributed by atoms with van der Waals surface area (Å²) in [6.45, 7) is 3.55. The van der Waals surface area contributed by atoms with E-state index in [2.05, 4.69) is 9.97 Å². The minimum atomic E-state index is -0.931. The van der Waals surface area contributed by atoms with Gasteiger partial charge in [0.15, 0.2) is 0 Å². The summed E-state index contributed by atoms with van der Waals surface area (Å²) in [5.41, 5.74) is 5.45. The van der Waals surface area contributed by atoms with Crippen LogP contribution in [0, 0.1) is 5.92 Å². The smallest absolute Gasteiger partial charge is 0.320 e. The monoisotopic (exact) mass is 277 g/mol. The first-order valence-electron chi connectivity index (χ1n) is 5.90. The molecule has 0 aromatic carbocycles. The van der Waals surface area contributed by atoms with Crippen LogP contribution < -0.4 is 5.73 Å². The van der Waals surface area contributed by atoms with E-state index >= 15 is 0 Å². The molecule has 1 aliphatic rings. The van der Waals surface area contributed by atoms with Gasteiger partial charge in [0.25, 0.3) is 0 Å². The van der Waals surface area contributed by atoms with Gasteiger partial charge in [0, 0.05) is 12.4 Å². The molecule has 0 bridgehead atoms. The Morgan fingerprint density at radius 2 is 1.50 bits per heavy atom. The van der Waals surface area contributed by atoms with Gasteiger partial charge in [-0.05, 0) is 18.1 Å². The van der Waals surface area contributed by atoms with Crippen LogP contribution in [0.2, 0.25) is 0 Å². The normalized spacial score (nSPS) is 14.4. The van der Waals surface area contributed by atoms with Gasteiger partial charge in [-0.3, -0.25) is 14.4 Å². The van der Waals surface area contributed by atoms with Gasteiger partial charge in [0.1, 0.15) is 17.4 Å². The highest BCUT2D eigenvalue weighted by Gasteiger charge is 2.20. The maximum Gasteiger partial charge on any atom is 0.320 e. The molecule has 0 unspecified atom stereocenters. The van der Waals surface area contributed by atoms with Gasteiger partial charge in [-0.15, -0.1) is 0 Å². The Kier molecular flexibility index (Phi) is 5.22. The van der Waals surface area contributed by atoms with Crippen LogP contribution in [0.1, 0.15) is 34.8 Å².